The fourth-order valence-corrected chi connectivity index (χ4v) is 4.83. The molecule has 9 heteroatoms. The van der Waals surface area contributed by atoms with Gasteiger partial charge in [0.25, 0.3) is 0 Å². The fourth-order valence-electron chi connectivity index (χ4n) is 4.83. The van der Waals surface area contributed by atoms with Crippen LogP contribution in [0.25, 0.3) is 22.3 Å². The molecule has 2 saturated heterocycles. The number of piperazine rings is 1. The van der Waals surface area contributed by atoms with Gasteiger partial charge in [0.15, 0.2) is 0 Å². The monoisotopic (exact) mass is 393 g/mol. The minimum Gasteiger partial charge on any atom is -0.352 e. The van der Waals surface area contributed by atoms with Gasteiger partial charge in [-0.25, -0.2) is 14.4 Å². The van der Waals surface area contributed by atoms with Gasteiger partial charge in [-0.1, -0.05) is 0 Å². The molecule has 2 bridgehead atoms. The summed E-state index contributed by atoms with van der Waals surface area (Å²) in [5.74, 6) is 0.474. The molecule has 0 radical (unpaired) electrons. The Bertz CT molecular complexity index is 1070. The summed E-state index contributed by atoms with van der Waals surface area (Å²) in [5, 5.41) is 8.72. The lowest BCUT2D eigenvalue weighted by molar-refractivity contribution is -0.136. The molecule has 3 aliphatic rings. The Kier molecular flexibility index (Phi) is 3.60. The van der Waals surface area contributed by atoms with Gasteiger partial charge in [0.2, 0.25) is 5.91 Å². The lowest BCUT2D eigenvalue weighted by Gasteiger charge is -2.41. The summed E-state index contributed by atoms with van der Waals surface area (Å²) in [4.78, 5) is 29.2. The quantitative estimate of drug-likeness (QED) is 0.731. The molecule has 1 N–H and O–H groups in total. The number of nitrogens with zero attached hydrogens (tertiary/aromatic N) is 6. The fraction of sp³-hybridized carbons (Fsp3) is 0.450. The number of halogens is 1. The predicted molar refractivity (Wildman–Crippen MR) is 104 cm³/mol. The van der Waals surface area contributed by atoms with Gasteiger partial charge in [-0.3, -0.25) is 4.79 Å². The van der Waals surface area contributed by atoms with Gasteiger partial charge in [-0.2, -0.15) is 10.2 Å². The number of H-pyrrole nitrogens is 1. The number of alkyl halides is 1. The van der Waals surface area contributed by atoms with Crippen molar-refractivity contribution in [2.75, 3.05) is 18.0 Å². The first-order valence-corrected chi connectivity index (χ1v) is 10.0. The molecule has 3 unspecified atom stereocenters. The third kappa shape index (κ3) is 2.67. The summed E-state index contributed by atoms with van der Waals surface area (Å²) in [6, 6.07) is 4.19. The van der Waals surface area contributed by atoms with E-state index in [9.17, 15) is 9.18 Å². The number of carbonyl (C=O) groups excluding carboxylic acids is 1. The number of anilines is 1. The number of amides is 1. The number of aromatic nitrogens is 5. The van der Waals surface area contributed by atoms with Gasteiger partial charge in [-0.05, 0) is 31.4 Å². The second kappa shape index (κ2) is 6.20. The van der Waals surface area contributed by atoms with Crippen molar-refractivity contribution in [2.45, 2.75) is 37.5 Å². The Morgan fingerprint density at radius 2 is 1.97 bits per heavy atom. The summed E-state index contributed by atoms with van der Waals surface area (Å²) in [6.45, 7) is 1.44. The highest BCUT2D eigenvalue weighted by molar-refractivity contribution is 5.92. The minimum atomic E-state index is -0.942. The standard InChI is InChI=1S/C20H20FN7O/c21-16-5-14(16)20(29)28-12-1-2-13(28)9-27(8-12)19-15-6-17(11-3-4-24-25-7-11)26-18(15)22-10-23-19/h3-4,6-7,10,12-14,16H,1-2,5,8-9H2,(H,22,23,26)/t12?,13?,14?,16-/m1/s1. The van der Waals surface area contributed by atoms with Crippen LogP contribution < -0.4 is 4.90 Å². The van der Waals surface area contributed by atoms with E-state index in [4.69, 9.17) is 0 Å². The first kappa shape index (κ1) is 16.8. The average Bonchev–Trinajstić information content (AvgIpc) is 3.21. The van der Waals surface area contributed by atoms with Crippen molar-refractivity contribution < 1.29 is 9.18 Å². The Labute approximate surface area is 166 Å². The van der Waals surface area contributed by atoms with Crippen LogP contribution in [0.5, 0.6) is 0 Å². The molecule has 1 saturated carbocycles. The van der Waals surface area contributed by atoms with Gasteiger partial charge in [0, 0.05) is 36.4 Å². The number of aromatic amines is 1. The van der Waals surface area contributed by atoms with Gasteiger partial charge in [-0.15, -0.1) is 0 Å². The van der Waals surface area contributed by atoms with E-state index >= 15 is 0 Å². The van der Waals surface area contributed by atoms with Crippen LogP contribution in [0, 0.1) is 5.92 Å². The minimum absolute atomic E-state index is 0.00611. The number of carbonyl (C=O) groups is 1. The van der Waals surface area contributed by atoms with E-state index in [1.54, 1.807) is 18.7 Å². The molecule has 29 heavy (non-hydrogen) atoms. The van der Waals surface area contributed by atoms with E-state index in [1.807, 2.05) is 17.0 Å². The van der Waals surface area contributed by atoms with Crippen molar-refractivity contribution in [3.05, 3.63) is 30.9 Å². The summed E-state index contributed by atoms with van der Waals surface area (Å²) >= 11 is 0. The molecule has 2 aliphatic heterocycles. The van der Waals surface area contributed by atoms with Gasteiger partial charge in [0.1, 0.15) is 24.0 Å². The molecular weight excluding hydrogens is 373 g/mol. The van der Waals surface area contributed by atoms with E-state index in [1.165, 1.54) is 0 Å². The maximum Gasteiger partial charge on any atom is 0.229 e. The molecule has 3 aromatic rings. The third-order valence-corrected chi connectivity index (χ3v) is 6.37. The molecule has 1 amide bonds. The number of nitrogens with one attached hydrogen (secondary N) is 1. The van der Waals surface area contributed by atoms with Crippen molar-refractivity contribution in [3.63, 3.8) is 0 Å². The number of hydrogen-bond acceptors (Lipinski definition) is 6. The topological polar surface area (TPSA) is 90.9 Å². The van der Waals surface area contributed by atoms with Crippen molar-refractivity contribution in [1.29, 1.82) is 0 Å². The molecule has 0 aromatic carbocycles. The third-order valence-electron chi connectivity index (χ3n) is 6.37. The second-order valence-corrected chi connectivity index (χ2v) is 8.17. The Morgan fingerprint density at radius 1 is 1.17 bits per heavy atom. The van der Waals surface area contributed by atoms with E-state index in [2.05, 4.69) is 30.0 Å². The molecule has 6 rings (SSSR count). The maximum absolute atomic E-state index is 13.4. The molecule has 8 nitrogen and oxygen atoms in total. The van der Waals surface area contributed by atoms with E-state index in [0.717, 1.165) is 54.0 Å². The van der Waals surface area contributed by atoms with Crippen molar-refractivity contribution >= 4 is 22.8 Å². The van der Waals surface area contributed by atoms with Crippen LogP contribution in [0.3, 0.4) is 0 Å². The molecule has 5 heterocycles. The van der Waals surface area contributed by atoms with Crippen LogP contribution in [0.4, 0.5) is 10.2 Å². The zero-order chi connectivity index (χ0) is 19.5. The summed E-state index contributed by atoms with van der Waals surface area (Å²) < 4.78 is 13.4. The van der Waals surface area contributed by atoms with Gasteiger partial charge >= 0.3 is 0 Å². The van der Waals surface area contributed by atoms with Gasteiger partial charge < -0.3 is 14.8 Å². The lowest BCUT2D eigenvalue weighted by Crippen LogP contribution is -2.56. The van der Waals surface area contributed by atoms with Crippen LogP contribution in [0.15, 0.2) is 30.9 Å². The normalized spacial score (nSPS) is 28.2. The molecule has 3 aromatic heterocycles. The Hall–Kier alpha value is -3.10. The summed E-state index contributed by atoms with van der Waals surface area (Å²) in [6.07, 6.45) is 6.31. The van der Waals surface area contributed by atoms with Crippen molar-refractivity contribution in [3.8, 4) is 11.3 Å². The number of hydrogen-bond donors (Lipinski definition) is 1. The predicted octanol–water partition coefficient (Wildman–Crippen LogP) is 1.95. The van der Waals surface area contributed by atoms with Crippen molar-refractivity contribution in [2.24, 2.45) is 5.92 Å². The highest BCUT2D eigenvalue weighted by Crippen LogP contribution is 2.41. The number of fused-ring (bicyclic) bond motifs is 3. The zero-order valence-corrected chi connectivity index (χ0v) is 15.7. The molecule has 148 valence electrons. The molecule has 4 atom stereocenters. The second-order valence-electron chi connectivity index (χ2n) is 8.17. The van der Waals surface area contributed by atoms with Crippen LogP contribution in [-0.2, 0) is 4.79 Å². The van der Waals surface area contributed by atoms with Crippen molar-refractivity contribution in [1.82, 2.24) is 30.0 Å². The average molecular weight is 393 g/mol. The van der Waals surface area contributed by atoms with Crippen LogP contribution in [0.2, 0.25) is 0 Å². The molecule has 1 aliphatic carbocycles. The highest BCUT2D eigenvalue weighted by Gasteiger charge is 2.51. The lowest BCUT2D eigenvalue weighted by atomic mass is 10.1. The Morgan fingerprint density at radius 3 is 2.66 bits per heavy atom. The van der Waals surface area contributed by atoms with E-state index in [-0.39, 0.29) is 18.0 Å². The first-order chi connectivity index (χ1) is 14.2. The molecule has 3 fully saturated rings. The van der Waals surface area contributed by atoms with Crippen LogP contribution in [0.1, 0.15) is 19.3 Å². The van der Waals surface area contributed by atoms with Crippen LogP contribution in [-0.4, -0.2) is 67.3 Å². The summed E-state index contributed by atoms with van der Waals surface area (Å²) in [7, 11) is 0. The largest absolute Gasteiger partial charge is 0.352 e. The zero-order valence-electron chi connectivity index (χ0n) is 15.7. The first-order valence-electron chi connectivity index (χ1n) is 10.0. The summed E-state index contributed by atoms with van der Waals surface area (Å²) in [5.41, 5.74) is 2.62. The molecular formula is C20H20FN7O. The van der Waals surface area contributed by atoms with E-state index in [0.29, 0.717) is 6.42 Å². The highest BCUT2D eigenvalue weighted by atomic mass is 19.1. The molecule has 0 spiro atoms. The maximum atomic E-state index is 13.4. The smallest absolute Gasteiger partial charge is 0.229 e. The van der Waals surface area contributed by atoms with Crippen LogP contribution >= 0.6 is 0 Å². The Balaban J connectivity index is 1.31. The van der Waals surface area contributed by atoms with Gasteiger partial charge in [0.05, 0.1) is 23.7 Å². The number of rotatable bonds is 3. The SMILES string of the molecule is O=C(C1C[C@H]1F)N1C2CCC1CN(c1ncnc3[nH]c(-c4ccnnc4)cc13)C2. The van der Waals surface area contributed by atoms with E-state index < -0.39 is 12.1 Å².